The number of hydrogen-bond acceptors (Lipinski definition) is 9. The van der Waals surface area contributed by atoms with Crippen LogP contribution < -0.4 is 25.1 Å². The van der Waals surface area contributed by atoms with Crippen LogP contribution in [0, 0.1) is 11.3 Å². The fourth-order valence-electron chi connectivity index (χ4n) is 5.97. The van der Waals surface area contributed by atoms with Crippen LogP contribution in [0.3, 0.4) is 0 Å². The number of allylic oxidation sites excluding steroid dienone is 1. The van der Waals surface area contributed by atoms with Crippen molar-refractivity contribution in [3.05, 3.63) is 99.8 Å². The Balaban J connectivity index is 1.25. The second-order valence-electron chi connectivity index (χ2n) is 10.8. The molecule has 3 aromatic carbocycles. The number of rotatable bonds is 7. The van der Waals surface area contributed by atoms with Crippen molar-refractivity contribution in [2.45, 2.75) is 29.5 Å². The third kappa shape index (κ3) is 5.72. The van der Waals surface area contributed by atoms with Gasteiger partial charge in [-0.1, -0.05) is 29.8 Å². The van der Waals surface area contributed by atoms with Gasteiger partial charge in [0.1, 0.15) is 27.7 Å². The van der Waals surface area contributed by atoms with Crippen LogP contribution >= 0.6 is 35.1 Å². The topological polar surface area (TPSA) is 107 Å². The maximum Gasteiger partial charge on any atom is 0.257 e. The van der Waals surface area contributed by atoms with Crippen molar-refractivity contribution in [1.82, 2.24) is 15.8 Å². The molecule has 6 rings (SSSR count). The van der Waals surface area contributed by atoms with Crippen molar-refractivity contribution in [3.63, 3.8) is 0 Å². The van der Waals surface area contributed by atoms with Gasteiger partial charge in [-0.25, -0.2) is 5.43 Å². The molecule has 3 heterocycles. The second kappa shape index (κ2) is 12.9. The van der Waals surface area contributed by atoms with E-state index in [4.69, 9.17) is 21.1 Å². The zero-order chi connectivity index (χ0) is 31.7. The minimum atomic E-state index is -0.650. The molecule has 0 aliphatic carbocycles. The summed E-state index contributed by atoms with van der Waals surface area (Å²) < 4.78 is 10.4. The average molecular weight is 662 g/mol. The lowest BCUT2D eigenvalue weighted by molar-refractivity contribution is -0.123. The van der Waals surface area contributed by atoms with Crippen molar-refractivity contribution in [1.29, 1.82) is 5.26 Å². The zero-order valence-electron chi connectivity index (χ0n) is 25.0. The minimum Gasteiger partial charge on any atom is -0.495 e. The molecule has 45 heavy (non-hydrogen) atoms. The highest BCUT2D eigenvalue weighted by Gasteiger charge is 2.45. The summed E-state index contributed by atoms with van der Waals surface area (Å²) in [6, 6.07) is 19.7. The number of hydrazine groups is 1. The van der Waals surface area contributed by atoms with E-state index in [1.165, 1.54) is 13.2 Å². The first kappa shape index (κ1) is 31.2. The van der Waals surface area contributed by atoms with Crippen molar-refractivity contribution in [2.24, 2.45) is 0 Å². The van der Waals surface area contributed by atoms with E-state index in [1.54, 1.807) is 29.2 Å². The van der Waals surface area contributed by atoms with Gasteiger partial charge in [-0.05, 0) is 78.4 Å². The van der Waals surface area contributed by atoms with Gasteiger partial charge >= 0.3 is 0 Å². The number of methoxy groups -OCH3 is 2. The zero-order valence-corrected chi connectivity index (χ0v) is 27.4. The largest absolute Gasteiger partial charge is 0.495 e. The van der Waals surface area contributed by atoms with E-state index < -0.39 is 12.1 Å². The van der Waals surface area contributed by atoms with Gasteiger partial charge in [0, 0.05) is 29.7 Å². The first-order chi connectivity index (χ1) is 21.8. The second-order valence-corrected chi connectivity index (χ2v) is 14.1. The molecular formula is C33H32ClN5O4S2. The van der Waals surface area contributed by atoms with E-state index in [2.05, 4.69) is 35.0 Å². The molecular weight excluding hydrogens is 630 g/mol. The van der Waals surface area contributed by atoms with Crippen LogP contribution in [0.25, 0.3) is 0 Å². The molecule has 0 aromatic heterocycles. The number of anilines is 1. The van der Waals surface area contributed by atoms with Crippen LogP contribution in [0.15, 0.2) is 72.6 Å². The number of hydrogen-bond donors (Lipinski definition) is 2. The molecule has 0 bridgehead atoms. The van der Waals surface area contributed by atoms with Gasteiger partial charge in [0.15, 0.2) is 0 Å². The fraction of sp³-hybridized carbons (Fsp3) is 0.303. The van der Waals surface area contributed by atoms with Gasteiger partial charge < -0.3 is 14.8 Å². The lowest BCUT2D eigenvalue weighted by Crippen LogP contribution is -2.56. The molecule has 2 N–H and O–H groups in total. The number of carbonyl (C=O) groups is 2. The molecule has 2 fully saturated rings. The Kier molecular flexibility index (Phi) is 8.93. The van der Waals surface area contributed by atoms with E-state index in [1.807, 2.05) is 60.9 Å². The lowest BCUT2D eigenvalue weighted by atomic mass is 10.0. The SMILES string of the molecule is COc1cc(C2(c3ccc(N4C(=O)C5C(NC(=O)c6ccc(OC)c(C#N)c6)CNN5C=C4C)cc3)SCCCS2)ccc1Cl. The number of ether oxygens (including phenoxy) is 2. The summed E-state index contributed by atoms with van der Waals surface area (Å²) in [5.74, 6) is 2.57. The first-order valence-electron chi connectivity index (χ1n) is 14.5. The Hall–Kier alpha value is -3.82. The molecule has 232 valence electrons. The average Bonchev–Trinajstić information content (AvgIpc) is 3.47. The van der Waals surface area contributed by atoms with E-state index in [0.717, 1.165) is 40.4 Å². The number of amides is 2. The van der Waals surface area contributed by atoms with Crippen LogP contribution in [0.5, 0.6) is 11.5 Å². The molecule has 2 unspecified atom stereocenters. The van der Waals surface area contributed by atoms with E-state index in [0.29, 0.717) is 28.6 Å². The maximum atomic E-state index is 14.1. The van der Waals surface area contributed by atoms with E-state index >= 15 is 0 Å². The number of carbonyl (C=O) groups excluding carboxylic acids is 2. The Labute approximate surface area is 275 Å². The molecule has 3 aliphatic rings. The maximum absolute atomic E-state index is 14.1. The van der Waals surface area contributed by atoms with Gasteiger partial charge in [0.2, 0.25) is 0 Å². The molecule has 0 spiro atoms. The summed E-state index contributed by atoms with van der Waals surface area (Å²) in [7, 11) is 3.10. The number of benzene rings is 3. The molecule has 2 amide bonds. The fourth-order valence-corrected chi connectivity index (χ4v) is 9.52. The number of nitriles is 1. The van der Waals surface area contributed by atoms with Crippen LogP contribution in [0.2, 0.25) is 5.02 Å². The number of thioether (sulfide) groups is 2. The quantitative estimate of drug-likeness (QED) is 0.340. The molecule has 9 nitrogen and oxygen atoms in total. The van der Waals surface area contributed by atoms with Crippen molar-refractivity contribution < 1.29 is 19.1 Å². The summed E-state index contributed by atoms with van der Waals surface area (Å²) in [4.78, 5) is 29.0. The highest BCUT2D eigenvalue weighted by molar-refractivity contribution is 8.18. The van der Waals surface area contributed by atoms with Gasteiger partial charge in [-0.2, -0.15) is 5.26 Å². The Morgan fingerprint density at radius 1 is 1.04 bits per heavy atom. The van der Waals surface area contributed by atoms with Crippen LogP contribution in [0.1, 0.15) is 40.4 Å². The van der Waals surface area contributed by atoms with Crippen LogP contribution in [-0.4, -0.2) is 61.2 Å². The molecule has 2 saturated heterocycles. The highest BCUT2D eigenvalue weighted by atomic mass is 35.5. The third-order valence-electron chi connectivity index (χ3n) is 8.16. The first-order valence-corrected chi connectivity index (χ1v) is 16.8. The van der Waals surface area contributed by atoms with Crippen molar-refractivity contribution >= 4 is 52.6 Å². The standard InChI is InChI=1S/C33H32ClN5O4S2/c1-20-19-38-30(27(18-36-38)37-31(40)21-5-12-28(42-2)22(15-21)17-35)32(41)39(20)25-9-6-23(7-10-25)33(44-13-4-14-45-33)24-8-11-26(34)29(16-24)43-3/h5-12,15-16,19,27,30,36H,4,13-14,18H2,1-3H3,(H,37,40). The van der Waals surface area contributed by atoms with Gasteiger partial charge in [0.05, 0.1) is 30.8 Å². The van der Waals surface area contributed by atoms with Crippen molar-refractivity contribution in [3.8, 4) is 17.6 Å². The number of nitrogens with one attached hydrogen (secondary N) is 2. The molecule has 3 aliphatic heterocycles. The highest BCUT2D eigenvalue weighted by Crippen LogP contribution is 2.55. The monoisotopic (exact) mass is 661 g/mol. The summed E-state index contributed by atoms with van der Waals surface area (Å²) >= 11 is 10.2. The van der Waals surface area contributed by atoms with E-state index in [-0.39, 0.29) is 21.5 Å². The molecule has 2 atom stereocenters. The summed E-state index contributed by atoms with van der Waals surface area (Å²) in [6.07, 6.45) is 3.02. The number of nitrogens with zero attached hydrogens (tertiary/aromatic N) is 3. The molecule has 0 radical (unpaired) electrons. The Morgan fingerprint density at radius 2 is 1.76 bits per heavy atom. The number of fused-ring (bicyclic) bond motifs is 1. The predicted molar refractivity (Wildman–Crippen MR) is 179 cm³/mol. The minimum absolute atomic E-state index is 0.149. The predicted octanol–water partition coefficient (Wildman–Crippen LogP) is 5.50. The summed E-state index contributed by atoms with van der Waals surface area (Å²) in [6.45, 7) is 2.27. The van der Waals surface area contributed by atoms with Crippen molar-refractivity contribution in [2.75, 3.05) is 37.2 Å². The Morgan fingerprint density at radius 3 is 2.44 bits per heavy atom. The summed E-state index contributed by atoms with van der Waals surface area (Å²) in [5.41, 5.74) is 7.55. The van der Waals surface area contributed by atoms with Gasteiger partial charge in [0.25, 0.3) is 11.8 Å². The lowest BCUT2D eigenvalue weighted by Gasteiger charge is -2.39. The van der Waals surface area contributed by atoms with Gasteiger partial charge in [-0.3, -0.25) is 19.5 Å². The van der Waals surface area contributed by atoms with Gasteiger partial charge in [-0.15, -0.1) is 23.5 Å². The molecule has 0 saturated carbocycles. The molecule has 3 aromatic rings. The normalized spacial score (nSPS) is 20.6. The number of halogens is 1. The van der Waals surface area contributed by atoms with Crippen LogP contribution in [-0.2, 0) is 8.87 Å². The summed E-state index contributed by atoms with van der Waals surface area (Å²) in [5, 5.41) is 14.8. The Bertz CT molecular complexity index is 1700. The van der Waals surface area contributed by atoms with Crippen LogP contribution in [0.4, 0.5) is 5.69 Å². The molecule has 12 heteroatoms. The smallest absolute Gasteiger partial charge is 0.257 e. The third-order valence-corrected chi connectivity index (χ3v) is 11.9. The van der Waals surface area contributed by atoms with E-state index in [9.17, 15) is 14.9 Å².